The quantitative estimate of drug-likeness (QED) is 0.648. The minimum Gasteiger partial charge on any atom is -0.353 e. The zero-order valence-corrected chi connectivity index (χ0v) is 17.3. The first kappa shape index (κ1) is 20.0. The van der Waals surface area contributed by atoms with Crippen molar-refractivity contribution in [3.05, 3.63) is 77.7 Å². The lowest BCUT2D eigenvalue weighted by Crippen LogP contribution is -2.49. The molecule has 2 heterocycles. The van der Waals surface area contributed by atoms with Gasteiger partial charge in [-0.1, -0.05) is 38.1 Å². The second-order valence-electron chi connectivity index (χ2n) is 7.80. The molecule has 0 spiro atoms. The number of benzene rings is 2. The molecule has 3 aromatic rings. The summed E-state index contributed by atoms with van der Waals surface area (Å²) in [7, 11) is 0. The van der Waals surface area contributed by atoms with Gasteiger partial charge in [-0.3, -0.25) is 4.79 Å². The molecule has 2 aromatic carbocycles. The number of hydrogen-bond donors (Lipinski definition) is 0. The van der Waals surface area contributed by atoms with E-state index >= 15 is 0 Å². The Morgan fingerprint density at radius 3 is 2.40 bits per heavy atom. The van der Waals surface area contributed by atoms with Gasteiger partial charge in [0.1, 0.15) is 11.6 Å². The van der Waals surface area contributed by atoms with Gasteiger partial charge in [0, 0.05) is 43.5 Å². The Morgan fingerprint density at radius 1 is 1.00 bits per heavy atom. The molecule has 154 valence electrons. The molecule has 5 nitrogen and oxygen atoms in total. The van der Waals surface area contributed by atoms with Crippen LogP contribution in [0.3, 0.4) is 0 Å². The highest BCUT2D eigenvalue weighted by Gasteiger charge is 2.23. The highest BCUT2D eigenvalue weighted by atomic mass is 19.1. The zero-order valence-electron chi connectivity index (χ0n) is 17.3. The third-order valence-electron chi connectivity index (χ3n) is 5.44. The maximum absolute atomic E-state index is 13.5. The molecule has 0 aliphatic carbocycles. The molecule has 1 saturated heterocycles. The third kappa shape index (κ3) is 4.32. The van der Waals surface area contributed by atoms with Gasteiger partial charge >= 0.3 is 0 Å². The first-order valence-electron chi connectivity index (χ1n) is 10.2. The molecule has 4 rings (SSSR count). The summed E-state index contributed by atoms with van der Waals surface area (Å²) >= 11 is 0. The van der Waals surface area contributed by atoms with Crippen molar-refractivity contribution in [2.24, 2.45) is 0 Å². The van der Waals surface area contributed by atoms with E-state index < -0.39 is 0 Å². The second-order valence-corrected chi connectivity index (χ2v) is 7.80. The van der Waals surface area contributed by atoms with Gasteiger partial charge in [-0.15, -0.1) is 0 Å². The molecule has 1 aliphatic heterocycles. The molecule has 1 amide bonds. The molecule has 1 aliphatic rings. The summed E-state index contributed by atoms with van der Waals surface area (Å²) in [5.74, 6) is 1.49. The number of hydrogen-bond acceptors (Lipinski definition) is 4. The molecular formula is C24H25FN4O. The topological polar surface area (TPSA) is 49.3 Å². The fourth-order valence-electron chi connectivity index (χ4n) is 3.62. The summed E-state index contributed by atoms with van der Waals surface area (Å²) in [6, 6.07) is 16.0. The van der Waals surface area contributed by atoms with Crippen LogP contribution in [-0.2, 0) is 0 Å². The van der Waals surface area contributed by atoms with Gasteiger partial charge in [0.2, 0.25) is 0 Å². The van der Waals surface area contributed by atoms with Crippen molar-refractivity contribution in [1.29, 1.82) is 0 Å². The molecule has 0 radical (unpaired) electrons. The van der Waals surface area contributed by atoms with Crippen LogP contribution in [0.4, 0.5) is 10.2 Å². The largest absolute Gasteiger partial charge is 0.353 e. The number of piperazine rings is 1. The number of carbonyl (C=O) groups excluding carboxylic acids is 1. The number of halogens is 1. The number of amides is 1. The van der Waals surface area contributed by atoms with Gasteiger partial charge in [0.05, 0.1) is 0 Å². The van der Waals surface area contributed by atoms with Crippen LogP contribution in [0.1, 0.15) is 35.7 Å². The van der Waals surface area contributed by atoms with Crippen LogP contribution >= 0.6 is 0 Å². The van der Waals surface area contributed by atoms with Gasteiger partial charge in [0.25, 0.3) is 5.91 Å². The first-order chi connectivity index (χ1) is 14.5. The maximum atomic E-state index is 13.5. The lowest BCUT2D eigenvalue weighted by Gasteiger charge is -2.35. The van der Waals surface area contributed by atoms with Gasteiger partial charge in [-0.2, -0.15) is 0 Å². The maximum Gasteiger partial charge on any atom is 0.253 e. The highest BCUT2D eigenvalue weighted by molar-refractivity contribution is 5.94. The smallest absolute Gasteiger partial charge is 0.253 e. The van der Waals surface area contributed by atoms with Crippen molar-refractivity contribution >= 4 is 11.7 Å². The van der Waals surface area contributed by atoms with Crippen molar-refractivity contribution in [3.8, 4) is 11.4 Å². The van der Waals surface area contributed by atoms with E-state index in [1.807, 2.05) is 35.2 Å². The molecule has 1 aromatic heterocycles. The van der Waals surface area contributed by atoms with Crippen LogP contribution in [0.25, 0.3) is 11.4 Å². The number of carbonyl (C=O) groups is 1. The average molecular weight is 404 g/mol. The highest BCUT2D eigenvalue weighted by Crippen LogP contribution is 2.21. The Bertz CT molecular complexity index is 1030. The summed E-state index contributed by atoms with van der Waals surface area (Å²) in [6.45, 7) is 6.92. The Kier molecular flexibility index (Phi) is 5.74. The van der Waals surface area contributed by atoms with E-state index in [4.69, 9.17) is 0 Å². The second kappa shape index (κ2) is 8.61. The molecule has 0 unspecified atom stereocenters. The van der Waals surface area contributed by atoms with Crippen molar-refractivity contribution < 1.29 is 9.18 Å². The predicted molar refractivity (Wildman–Crippen MR) is 116 cm³/mol. The lowest BCUT2D eigenvalue weighted by molar-refractivity contribution is 0.0746. The molecule has 0 atom stereocenters. The van der Waals surface area contributed by atoms with Crippen LogP contribution in [0, 0.1) is 5.82 Å². The van der Waals surface area contributed by atoms with E-state index in [0.29, 0.717) is 43.5 Å². The lowest BCUT2D eigenvalue weighted by atomic mass is 10.0. The molecule has 30 heavy (non-hydrogen) atoms. The average Bonchev–Trinajstić information content (AvgIpc) is 2.79. The third-order valence-corrected chi connectivity index (χ3v) is 5.44. The molecule has 1 fully saturated rings. The van der Waals surface area contributed by atoms with Gasteiger partial charge < -0.3 is 9.80 Å². The van der Waals surface area contributed by atoms with Gasteiger partial charge in [-0.25, -0.2) is 14.4 Å². The normalized spacial score (nSPS) is 14.3. The van der Waals surface area contributed by atoms with Crippen molar-refractivity contribution in [3.63, 3.8) is 0 Å². The molecular weight excluding hydrogens is 379 g/mol. The van der Waals surface area contributed by atoms with E-state index in [0.717, 1.165) is 11.4 Å². The minimum absolute atomic E-state index is 0.0630. The van der Waals surface area contributed by atoms with Crippen LogP contribution in [0.2, 0.25) is 0 Å². The summed E-state index contributed by atoms with van der Waals surface area (Å²) in [5, 5.41) is 0. The van der Waals surface area contributed by atoms with Crippen LogP contribution in [0.15, 0.2) is 60.8 Å². The van der Waals surface area contributed by atoms with Gasteiger partial charge in [-0.05, 0) is 41.8 Å². The van der Waals surface area contributed by atoms with Crippen LogP contribution in [0.5, 0.6) is 0 Å². The zero-order chi connectivity index (χ0) is 21.1. The van der Waals surface area contributed by atoms with Crippen molar-refractivity contribution in [2.45, 2.75) is 19.8 Å². The number of rotatable bonds is 4. The van der Waals surface area contributed by atoms with E-state index in [1.54, 1.807) is 18.3 Å². The van der Waals surface area contributed by atoms with E-state index in [-0.39, 0.29) is 11.7 Å². The van der Waals surface area contributed by atoms with Crippen LogP contribution < -0.4 is 4.90 Å². The molecule has 0 bridgehead atoms. The number of anilines is 1. The standard InChI is InChI=1S/C24H25FN4O/c1-17(2)18-6-8-19(9-7-18)24(30)29-14-12-28(13-15-29)22-10-11-26-23(27-22)20-4-3-5-21(25)16-20/h3-11,16-17H,12-15H2,1-2H3. The molecule has 0 saturated carbocycles. The minimum atomic E-state index is -0.310. The SMILES string of the molecule is CC(C)c1ccc(C(=O)N2CCN(c3ccnc(-c4cccc(F)c4)n3)CC2)cc1. The van der Waals surface area contributed by atoms with E-state index in [2.05, 4.69) is 28.7 Å². The molecule has 0 N–H and O–H groups in total. The monoisotopic (exact) mass is 404 g/mol. The van der Waals surface area contributed by atoms with Crippen LogP contribution in [-0.4, -0.2) is 47.0 Å². The van der Waals surface area contributed by atoms with Gasteiger partial charge in [0.15, 0.2) is 5.82 Å². The summed E-state index contributed by atoms with van der Waals surface area (Å²) in [5.41, 5.74) is 2.60. The fourth-order valence-corrected chi connectivity index (χ4v) is 3.62. The summed E-state index contributed by atoms with van der Waals surface area (Å²) in [4.78, 5) is 25.7. The number of aromatic nitrogens is 2. The molecule has 6 heteroatoms. The van der Waals surface area contributed by atoms with Crippen molar-refractivity contribution in [1.82, 2.24) is 14.9 Å². The Labute approximate surface area is 176 Å². The van der Waals surface area contributed by atoms with Crippen molar-refractivity contribution in [2.75, 3.05) is 31.1 Å². The number of nitrogens with zero attached hydrogens (tertiary/aromatic N) is 4. The fraction of sp³-hybridized carbons (Fsp3) is 0.292. The Morgan fingerprint density at radius 2 is 1.73 bits per heavy atom. The predicted octanol–water partition coefficient (Wildman–Crippen LogP) is 4.37. The Balaban J connectivity index is 1.42. The summed E-state index contributed by atoms with van der Waals surface area (Å²) < 4.78 is 13.5. The van der Waals surface area contributed by atoms with E-state index in [1.165, 1.54) is 17.7 Å². The first-order valence-corrected chi connectivity index (χ1v) is 10.2. The Hall–Kier alpha value is -3.28. The van der Waals surface area contributed by atoms with E-state index in [9.17, 15) is 9.18 Å². The summed E-state index contributed by atoms with van der Waals surface area (Å²) in [6.07, 6.45) is 1.69.